The van der Waals surface area contributed by atoms with Crippen molar-refractivity contribution >= 4 is 17.5 Å². The molecule has 0 radical (unpaired) electrons. The molecule has 1 aromatic carbocycles. The van der Waals surface area contributed by atoms with Crippen molar-refractivity contribution in [2.24, 2.45) is 0 Å². The number of fused-ring (bicyclic) bond motifs is 1. The standard InChI is InChI=1S/C24H25N5O2/c1-16(2)17-5-7-19(8-6-17)27-22(30)15-29-13-3-4-21-20(24(29)31)14-26-23(28-21)18-9-11-25-12-10-18/h5-12,14,16H,3-4,13,15H2,1-2H3,(H,27,30). The maximum atomic E-state index is 13.0. The molecule has 0 bridgehead atoms. The molecule has 3 heterocycles. The van der Waals surface area contributed by atoms with Crippen molar-refractivity contribution in [3.05, 3.63) is 71.8 Å². The number of aromatic nitrogens is 3. The largest absolute Gasteiger partial charge is 0.329 e. The molecule has 0 saturated carbocycles. The summed E-state index contributed by atoms with van der Waals surface area (Å²) in [6.45, 7) is 4.75. The highest BCUT2D eigenvalue weighted by Gasteiger charge is 2.26. The molecule has 0 saturated heterocycles. The molecule has 0 atom stereocenters. The fraction of sp³-hybridized carbons (Fsp3) is 0.292. The molecule has 3 aromatic rings. The Kier molecular flexibility index (Phi) is 6.02. The van der Waals surface area contributed by atoms with E-state index in [1.165, 1.54) is 5.56 Å². The van der Waals surface area contributed by atoms with Crippen LogP contribution in [0, 0.1) is 0 Å². The van der Waals surface area contributed by atoms with Crippen LogP contribution in [0.2, 0.25) is 0 Å². The molecule has 1 aliphatic rings. The van der Waals surface area contributed by atoms with Crippen LogP contribution in [0.4, 0.5) is 5.69 Å². The van der Waals surface area contributed by atoms with E-state index >= 15 is 0 Å². The SMILES string of the molecule is CC(C)c1ccc(NC(=O)CN2CCCc3nc(-c4ccncc4)ncc3C2=O)cc1. The number of benzene rings is 1. The van der Waals surface area contributed by atoms with Crippen molar-refractivity contribution in [1.82, 2.24) is 19.9 Å². The predicted molar refractivity (Wildman–Crippen MR) is 119 cm³/mol. The molecule has 1 aliphatic heterocycles. The summed E-state index contributed by atoms with van der Waals surface area (Å²) in [5.74, 6) is 0.577. The summed E-state index contributed by atoms with van der Waals surface area (Å²) in [5, 5.41) is 2.88. The Morgan fingerprint density at radius 1 is 1.13 bits per heavy atom. The Labute approximate surface area is 181 Å². The quantitative estimate of drug-likeness (QED) is 0.687. The highest BCUT2D eigenvalue weighted by molar-refractivity contribution is 6.00. The zero-order chi connectivity index (χ0) is 21.8. The molecule has 158 valence electrons. The van der Waals surface area contributed by atoms with Gasteiger partial charge in [0.1, 0.15) is 6.54 Å². The summed E-state index contributed by atoms with van der Waals surface area (Å²) in [5.41, 5.74) is 3.98. The summed E-state index contributed by atoms with van der Waals surface area (Å²) in [4.78, 5) is 40.2. The average molecular weight is 415 g/mol. The van der Waals surface area contributed by atoms with Crippen molar-refractivity contribution in [1.29, 1.82) is 0 Å². The van der Waals surface area contributed by atoms with Gasteiger partial charge in [0.2, 0.25) is 5.91 Å². The number of hydrogen-bond donors (Lipinski definition) is 1. The number of carbonyl (C=O) groups excluding carboxylic acids is 2. The van der Waals surface area contributed by atoms with Crippen LogP contribution < -0.4 is 5.32 Å². The van der Waals surface area contributed by atoms with E-state index < -0.39 is 0 Å². The van der Waals surface area contributed by atoms with Crippen LogP contribution in [-0.4, -0.2) is 44.8 Å². The summed E-state index contributed by atoms with van der Waals surface area (Å²) in [7, 11) is 0. The lowest BCUT2D eigenvalue weighted by molar-refractivity contribution is -0.116. The third-order valence-corrected chi connectivity index (χ3v) is 5.36. The number of carbonyl (C=O) groups is 2. The van der Waals surface area contributed by atoms with E-state index in [2.05, 4.69) is 34.1 Å². The van der Waals surface area contributed by atoms with Crippen LogP contribution in [0.5, 0.6) is 0 Å². The molecule has 0 aliphatic carbocycles. The minimum absolute atomic E-state index is 0.00366. The van der Waals surface area contributed by atoms with E-state index in [-0.39, 0.29) is 18.4 Å². The lowest BCUT2D eigenvalue weighted by atomic mass is 10.0. The smallest absolute Gasteiger partial charge is 0.257 e. The summed E-state index contributed by atoms with van der Waals surface area (Å²) >= 11 is 0. The molecule has 7 heteroatoms. The van der Waals surface area contributed by atoms with Crippen molar-refractivity contribution < 1.29 is 9.59 Å². The van der Waals surface area contributed by atoms with Gasteiger partial charge in [-0.15, -0.1) is 0 Å². The minimum atomic E-state index is -0.219. The minimum Gasteiger partial charge on any atom is -0.329 e. The van der Waals surface area contributed by atoms with Crippen LogP contribution in [0.3, 0.4) is 0 Å². The van der Waals surface area contributed by atoms with Gasteiger partial charge >= 0.3 is 0 Å². The Morgan fingerprint density at radius 3 is 2.58 bits per heavy atom. The Hall–Kier alpha value is -3.61. The first-order valence-corrected chi connectivity index (χ1v) is 10.5. The van der Waals surface area contributed by atoms with Gasteiger partial charge in [0.05, 0.1) is 11.3 Å². The lowest BCUT2D eigenvalue weighted by Gasteiger charge is -2.20. The van der Waals surface area contributed by atoms with E-state index in [0.717, 1.165) is 23.4 Å². The monoisotopic (exact) mass is 415 g/mol. The van der Waals surface area contributed by atoms with Crippen molar-refractivity contribution in [2.75, 3.05) is 18.4 Å². The molecule has 4 rings (SSSR count). The highest BCUT2D eigenvalue weighted by atomic mass is 16.2. The first kappa shape index (κ1) is 20.7. The molecule has 31 heavy (non-hydrogen) atoms. The number of amides is 2. The first-order valence-electron chi connectivity index (χ1n) is 10.5. The second-order valence-electron chi connectivity index (χ2n) is 7.95. The van der Waals surface area contributed by atoms with Crippen molar-refractivity contribution in [3.8, 4) is 11.4 Å². The summed E-state index contributed by atoms with van der Waals surface area (Å²) in [6, 6.07) is 11.5. The van der Waals surface area contributed by atoms with Gasteiger partial charge in [0, 0.05) is 36.4 Å². The molecule has 0 unspecified atom stereocenters. The van der Waals surface area contributed by atoms with Crippen molar-refractivity contribution in [2.45, 2.75) is 32.6 Å². The van der Waals surface area contributed by atoms with Crippen LogP contribution in [0.25, 0.3) is 11.4 Å². The summed E-state index contributed by atoms with van der Waals surface area (Å²) in [6.07, 6.45) is 6.35. The lowest BCUT2D eigenvalue weighted by Crippen LogP contribution is -2.38. The molecule has 2 aromatic heterocycles. The predicted octanol–water partition coefficient (Wildman–Crippen LogP) is 3.69. The van der Waals surface area contributed by atoms with Gasteiger partial charge < -0.3 is 10.2 Å². The van der Waals surface area contributed by atoms with E-state index in [9.17, 15) is 9.59 Å². The topological polar surface area (TPSA) is 88.1 Å². The van der Waals surface area contributed by atoms with E-state index in [4.69, 9.17) is 0 Å². The molecular weight excluding hydrogens is 390 g/mol. The number of pyridine rings is 1. The molecule has 0 fully saturated rings. The normalized spacial score (nSPS) is 13.6. The van der Waals surface area contributed by atoms with Crippen LogP contribution in [0.1, 0.15) is 47.8 Å². The third-order valence-electron chi connectivity index (χ3n) is 5.36. The molecule has 7 nitrogen and oxygen atoms in total. The molecule has 1 N–H and O–H groups in total. The fourth-order valence-corrected chi connectivity index (χ4v) is 3.61. The van der Waals surface area contributed by atoms with Gasteiger partial charge in [-0.05, 0) is 48.6 Å². The van der Waals surface area contributed by atoms with E-state index in [1.807, 2.05) is 36.4 Å². The number of anilines is 1. The van der Waals surface area contributed by atoms with Gasteiger partial charge in [0.25, 0.3) is 5.91 Å². The summed E-state index contributed by atoms with van der Waals surface area (Å²) < 4.78 is 0. The van der Waals surface area contributed by atoms with Gasteiger partial charge in [-0.1, -0.05) is 26.0 Å². The zero-order valence-electron chi connectivity index (χ0n) is 17.7. The van der Waals surface area contributed by atoms with Crippen LogP contribution in [-0.2, 0) is 11.2 Å². The maximum absolute atomic E-state index is 13.0. The van der Waals surface area contributed by atoms with E-state index in [1.54, 1.807) is 23.5 Å². The highest BCUT2D eigenvalue weighted by Crippen LogP contribution is 2.21. The molecule has 2 amide bonds. The maximum Gasteiger partial charge on any atom is 0.257 e. The Balaban J connectivity index is 1.46. The van der Waals surface area contributed by atoms with Crippen LogP contribution >= 0.6 is 0 Å². The second kappa shape index (κ2) is 9.04. The molecular formula is C24H25N5O2. The van der Waals surface area contributed by atoms with Gasteiger partial charge in [-0.2, -0.15) is 0 Å². The number of nitrogens with one attached hydrogen (secondary N) is 1. The van der Waals surface area contributed by atoms with Gasteiger partial charge in [-0.25, -0.2) is 9.97 Å². The Bertz CT molecular complexity index is 1080. The van der Waals surface area contributed by atoms with Gasteiger partial charge in [0.15, 0.2) is 5.82 Å². The third kappa shape index (κ3) is 4.77. The Morgan fingerprint density at radius 2 is 1.87 bits per heavy atom. The number of hydrogen-bond acceptors (Lipinski definition) is 5. The fourth-order valence-electron chi connectivity index (χ4n) is 3.61. The average Bonchev–Trinajstić information content (AvgIpc) is 2.93. The van der Waals surface area contributed by atoms with Crippen molar-refractivity contribution in [3.63, 3.8) is 0 Å². The second-order valence-corrected chi connectivity index (χ2v) is 7.95. The number of nitrogens with zero attached hydrogens (tertiary/aromatic N) is 4. The molecule has 0 spiro atoms. The first-order chi connectivity index (χ1) is 15.0. The van der Waals surface area contributed by atoms with E-state index in [0.29, 0.717) is 30.3 Å². The number of aryl methyl sites for hydroxylation is 1. The van der Waals surface area contributed by atoms with Gasteiger partial charge in [-0.3, -0.25) is 14.6 Å². The van der Waals surface area contributed by atoms with Crippen LogP contribution in [0.15, 0.2) is 55.0 Å². The number of rotatable bonds is 5. The zero-order valence-corrected chi connectivity index (χ0v) is 17.7.